The highest BCUT2D eigenvalue weighted by Gasteiger charge is 2.05. The van der Waals surface area contributed by atoms with Crippen molar-refractivity contribution in [1.82, 2.24) is 5.32 Å². The summed E-state index contributed by atoms with van der Waals surface area (Å²) >= 11 is 0. The lowest BCUT2D eigenvalue weighted by Crippen LogP contribution is -2.33. The van der Waals surface area contributed by atoms with Crippen LogP contribution in [-0.2, 0) is 9.59 Å². The Hall–Kier alpha value is -1.14. The molecule has 0 aliphatic rings. The van der Waals surface area contributed by atoms with E-state index in [4.69, 9.17) is 15.9 Å². The van der Waals surface area contributed by atoms with Crippen molar-refractivity contribution in [2.24, 2.45) is 5.73 Å². The molecule has 5 N–H and O–H groups in total. The molecule has 0 fully saturated rings. The van der Waals surface area contributed by atoms with Crippen LogP contribution in [0.2, 0.25) is 0 Å². The zero-order valence-electron chi connectivity index (χ0n) is 7.90. The molecule has 14 heavy (non-hydrogen) atoms. The fourth-order valence-electron chi connectivity index (χ4n) is 0.808. The van der Waals surface area contributed by atoms with Crippen LogP contribution in [0.25, 0.3) is 0 Å². The van der Waals surface area contributed by atoms with Gasteiger partial charge in [-0.15, -0.1) is 0 Å². The Bertz CT molecular complexity index is 196. The SMILES string of the molecule is NC(=O)CCCC(=O)NCC(O)CO. The first kappa shape index (κ1) is 12.9. The molecule has 0 aliphatic heterocycles. The van der Waals surface area contributed by atoms with E-state index in [2.05, 4.69) is 5.32 Å². The molecule has 6 heteroatoms. The van der Waals surface area contributed by atoms with Gasteiger partial charge in [0.2, 0.25) is 11.8 Å². The number of aliphatic hydroxyl groups is 2. The van der Waals surface area contributed by atoms with Crippen molar-refractivity contribution in [3.8, 4) is 0 Å². The second-order valence-electron chi connectivity index (χ2n) is 2.96. The number of rotatable bonds is 7. The molecule has 0 aromatic rings. The molecule has 0 radical (unpaired) electrons. The summed E-state index contributed by atoms with van der Waals surface area (Å²) in [4.78, 5) is 21.3. The van der Waals surface area contributed by atoms with Crippen LogP contribution in [0.5, 0.6) is 0 Å². The molecular formula is C8H16N2O4. The number of aliphatic hydroxyl groups excluding tert-OH is 2. The normalized spacial score (nSPS) is 12.1. The predicted octanol–water partition coefficient (Wildman–Crippen LogP) is -1.89. The number of hydrogen-bond donors (Lipinski definition) is 4. The first-order chi connectivity index (χ1) is 6.56. The van der Waals surface area contributed by atoms with Gasteiger partial charge in [-0.2, -0.15) is 0 Å². The molecule has 1 atom stereocenters. The minimum Gasteiger partial charge on any atom is -0.394 e. The van der Waals surface area contributed by atoms with Crippen LogP contribution >= 0.6 is 0 Å². The first-order valence-electron chi connectivity index (χ1n) is 4.40. The van der Waals surface area contributed by atoms with E-state index in [-0.39, 0.29) is 31.9 Å². The van der Waals surface area contributed by atoms with E-state index >= 15 is 0 Å². The number of carbonyl (C=O) groups is 2. The number of nitrogens with two attached hydrogens (primary N) is 1. The quantitative estimate of drug-likeness (QED) is 0.388. The van der Waals surface area contributed by atoms with Gasteiger partial charge in [-0.3, -0.25) is 9.59 Å². The van der Waals surface area contributed by atoms with Crippen LogP contribution in [0, 0.1) is 0 Å². The average molecular weight is 204 g/mol. The Morgan fingerprint density at radius 3 is 2.50 bits per heavy atom. The topological polar surface area (TPSA) is 113 Å². The summed E-state index contributed by atoms with van der Waals surface area (Å²) in [6, 6.07) is 0. The van der Waals surface area contributed by atoms with Crippen LogP contribution in [0.3, 0.4) is 0 Å². The molecule has 0 rings (SSSR count). The Morgan fingerprint density at radius 2 is 2.00 bits per heavy atom. The van der Waals surface area contributed by atoms with Crippen molar-refractivity contribution in [3.63, 3.8) is 0 Å². The molecule has 0 aromatic carbocycles. The van der Waals surface area contributed by atoms with Crippen molar-refractivity contribution >= 4 is 11.8 Å². The summed E-state index contributed by atoms with van der Waals surface area (Å²) in [5.74, 6) is -0.702. The number of primary amides is 1. The number of hydrogen-bond acceptors (Lipinski definition) is 4. The van der Waals surface area contributed by atoms with E-state index in [9.17, 15) is 9.59 Å². The Balaban J connectivity index is 3.41. The third-order valence-corrected chi connectivity index (χ3v) is 1.57. The maximum absolute atomic E-state index is 11.0. The fourth-order valence-corrected chi connectivity index (χ4v) is 0.808. The Labute approximate surface area is 82.1 Å². The Morgan fingerprint density at radius 1 is 1.36 bits per heavy atom. The van der Waals surface area contributed by atoms with Crippen molar-refractivity contribution in [3.05, 3.63) is 0 Å². The maximum Gasteiger partial charge on any atom is 0.220 e. The van der Waals surface area contributed by atoms with Gasteiger partial charge in [0.25, 0.3) is 0 Å². The molecule has 0 saturated carbocycles. The second-order valence-corrected chi connectivity index (χ2v) is 2.96. The number of amides is 2. The fraction of sp³-hybridized carbons (Fsp3) is 0.750. The molecule has 2 amide bonds. The highest BCUT2D eigenvalue weighted by atomic mass is 16.3. The second kappa shape index (κ2) is 7.28. The molecule has 6 nitrogen and oxygen atoms in total. The molecule has 0 bridgehead atoms. The molecule has 0 saturated heterocycles. The van der Waals surface area contributed by atoms with Crippen LogP contribution in [0.4, 0.5) is 0 Å². The Kier molecular flexibility index (Phi) is 6.69. The van der Waals surface area contributed by atoms with Crippen molar-refractivity contribution < 1.29 is 19.8 Å². The smallest absolute Gasteiger partial charge is 0.220 e. The van der Waals surface area contributed by atoms with Crippen LogP contribution in [0.15, 0.2) is 0 Å². The van der Waals surface area contributed by atoms with E-state index in [1.165, 1.54) is 0 Å². The summed E-state index contributed by atoms with van der Waals surface area (Å²) in [6.07, 6.45) is -0.164. The summed E-state index contributed by atoms with van der Waals surface area (Å²) in [7, 11) is 0. The van der Waals surface area contributed by atoms with Crippen molar-refractivity contribution in [2.75, 3.05) is 13.2 Å². The van der Waals surface area contributed by atoms with Gasteiger partial charge in [-0.25, -0.2) is 0 Å². The molecule has 0 heterocycles. The highest BCUT2D eigenvalue weighted by molar-refractivity contribution is 5.77. The highest BCUT2D eigenvalue weighted by Crippen LogP contribution is 1.93. The van der Waals surface area contributed by atoms with E-state index in [0.717, 1.165) is 0 Å². The van der Waals surface area contributed by atoms with Crippen LogP contribution in [-0.4, -0.2) is 41.3 Å². The lowest BCUT2D eigenvalue weighted by atomic mass is 10.2. The van der Waals surface area contributed by atoms with Gasteiger partial charge in [-0.1, -0.05) is 0 Å². The predicted molar refractivity (Wildman–Crippen MR) is 49.1 cm³/mol. The molecule has 0 aliphatic carbocycles. The third kappa shape index (κ3) is 7.51. The maximum atomic E-state index is 11.0. The van der Waals surface area contributed by atoms with Crippen LogP contribution < -0.4 is 11.1 Å². The number of carbonyl (C=O) groups excluding carboxylic acids is 2. The summed E-state index contributed by atoms with van der Waals surface area (Å²) in [5.41, 5.74) is 4.88. The summed E-state index contributed by atoms with van der Waals surface area (Å²) in [5, 5.41) is 19.7. The molecule has 0 aromatic heterocycles. The standard InChI is InChI=1S/C8H16N2O4/c9-7(13)2-1-3-8(14)10-4-6(12)5-11/h6,11-12H,1-5H2,(H2,9,13)(H,10,14). The lowest BCUT2D eigenvalue weighted by Gasteiger charge is -2.08. The minimum absolute atomic E-state index is 0.0197. The van der Waals surface area contributed by atoms with E-state index in [1.54, 1.807) is 0 Å². The largest absolute Gasteiger partial charge is 0.394 e. The number of nitrogens with one attached hydrogen (secondary N) is 1. The van der Waals surface area contributed by atoms with E-state index in [1.807, 2.05) is 0 Å². The monoisotopic (exact) mass is 204 g/mol. The van der Waals surface area contributed by atoms with Gasteiger partial charge in [0.1, 0.15) is 0 Å². The van der Waals surface area contributed by atoms with Gasteiger partial charge in [0.05, 0.1) is 12.7 Å². The van der Waals surface area contributed by atoms with Gasteiger partial charge >= 0.3 is 0 Å². The molecule has 82 valence electrons. The van der Waals surface area contributed by atoms with E-state index < -0.39 is 12.0 Å². The van der Waals surface area contributed by atoms with Crippen molar-refractivity contribution in [1.29, 1.82) is 0 Å². The molecular weight excluding hydrogens is 188 g/mol. The lowest BCUT2D eigenvalue weighted by molar-refractivity contribution is -0.122. The van der Waals surface area contributed by atoms with Crippen LogP contribution in [0.1, 0.15) is 19.3 Å². The van der Waals surface area contributed by atoms with Gasteiger partial charge in [-0.05, 0) is 6.42 Å². The van der Waals surface area contributed by atoms with Gasteiger partial charge in [0, 0.05) is 19.4 Å². The average Bonchev–Trinajstić information content (AvgIpc) is 2.13. The van der Waals surface area contributed by atoms with Gasteiger partial charge in [0.15, 0.2) is 0 Å². The van der Waals surface area contributed by atoms with E-state index in [0.29, 0.717) is 6.42 Å². The van der Waals surface area contributed by atoms with Crippen molar-refractivity contribution in [2.45, 2.75) is 25.4 Å². The summed E-state index contributed by atoms with van der Waals surface area (Å²) < 4.78 is 0. The zero-order valence-corrected chi connectivity index (χ0v) is 7.90. The molecule has 0 spiro atoms. The minimum atomic E-state index is -0.935. The first-order valence-corrected chi connectivity index (χ1v) is 4.40. The van der Waals surface area contributed by atoms with Gasteiger partial charge < -0.3 is 21.3 Å². The summed E-state index contributed by atoms with van der Waals surface area (Å²) in [6.45, 7) is -0.368. The zero-order chi connectivity index (χ0) is 11.0. The molecule has 1 unspecified atom stereocenters. The third-order valence-electron chi connectivity index (χ3n) is 1.57.